The number of hydrogen-bond donors (Lipinski definition) is 0. The second-order valence-electron chi connectivity index (χ2n) is 14.0. The van der Waals surface area contributed by atoms with Crippen molar-refractivity contribution in [3.63, 3.8) is 0 Å². The predicted molar refractivity (Wildman–Crippen MR) is 193 cm³/mol. The van der Waals surface area contributed by atoms with Gasteiger partial charge in [0.15, 0.2) is 0 Å². The Labute approximate surface area is 260 Å². The fraction of sp³-hybridized carbons (Fsp3) is 0.150. The molecule has 0 aliphatic rings. The van der Waals surface area contributed by atoms with Crippen molar-refractivity contribution in [3.05, 3.63) is 121 Å². The largest absolute Gasteiger partial charge is 0.207 e. The molecule has 0 unspecified atom stereocenters. The van der Waals surface area contributed by atoms with Crippen molar-refractivity contribution in [1.82, 2.24) is 0 Å². The lowest BCUT2D eigenvalue weighted by molar-refractivity contribution is 0.636. The maximum Gasteiger partial charge on any atom is 0.123 e. The number of fused-ring (bicyclic) bond motifs is 4. The molecule has 7 aromatic rings. The fourth-order valence-corrected chi connectivity index (χ4v) is 11.0. The van der Waals surface area contributed by atoms with Crippen molar-refractivity contribution < 1.29 is 8.78 Å². The summed E-state index contributed by atoms with van der Waals surface area (Å²) in [4.78, 5) is 0. The van der Waals surface area contributed by atoms with Gasteiger partial charge < -0.3 is 0 Å². The zero-order valence-corrected chi connectivity index (χ0v) is 28.1. The van der Waals surface area contributed by atoms with Crippen molar-refractivity contribution in [3.8, 4) is 22.3 Å². The van der Waals surface area contributed by atoms with E-state index in [9.17, 15) is 0 Å². The lowest BCUT2D eigenvalue weighted by Gasteiger charge is -2.25. The van der Waals surface area contributed by atoms with Crippen LogP contribution in [0.15, 0.2) is 109 Å². The van der Waals surface area contributed by atoms with Gasteiger partial charge in [0.2, 0.25) is 0 Å². The third-order valence-electron chi connectivity index (χ3n) is 8.96. The number of benzene rings is 7. The quantitative estimate of drug-likeness (QED) is 0.137. The number of hydrogen-bond acceptors (Lipinski definition) is 0. The van der Waals surface area contributed by atoms with E-state index in [1.165, 1.54) is 0 Å². The van der Waals surface area contributed by atoms with E-state index in [4.69, 9.17) is 0 Å². The van der Waals surface area contributed by atoms with Gasteiger partial charge in [0.1, 0.15) is 11.6 Å². The number of rotatable bonds is 4. The standard InChI is InChI=1S/C40H36F2Si2/c1-43(2,3)39-31-21-13-7-15-25(31)33(23-35(39)41)37-27-17-9-11-19-29(27)38(30-20-12-10-18-28(30)37)34-24-36(42)40(44(4,5)6)32-22-14-8-16-26(32)34/h7-24H,1-6H3. The minimum Gasteiger partial charge on any atom is -0.207 e. The monoisotopic (exact) mass is 610 g/mol. The Morgan fingerprint density at radius 1 is 0.364 bits per heavy atom. The molecule has 0 aliphatic heterocycles. The molecule has 0 aromatic heterocycles. The smallest absolute Gasteiger partial charge is 0.123 e. The van der Waals surface area contributed by atoms with Gasteiger partial charge in [-0.25, -0.2) is 8.78 Å². The predicted octanol–water partition coefficient (Wildman–Crippen LogP) is 11.0. The maximum atomic E-state index is 16.3. The molecule has 7 rings (SSSR count). The highest BCUT2D eigenvalue weighted by Gasteiger charge is 2.28. The third kappa shape index (κ3) is 4.43. The summed E-state index contributed by atoms with van der Waals surface area (Å²) < 4.78 is 32.5. The molecule has 0 saturated carbocycles. The zero-order valence-electron chi connectivity index (χ0n) is 26.1. The summed E-state index contributed by atoms with van der Waals surface area (Å²) in [6.45, 7) is 13.2. The Morgan fingerprint density at radius 3 is 0.886 bits per heavy atom. The molecule has 218 valence electrons. The van der Waals surface area contributed by atoms with Gasteiger partial charge in [-0.2, -0.15) is 0 Å². The first-order valence-corrected chi connectivity index (χ1v) is 22.3. The average molecular weight is 611 g/mol. The first-order chi connectivity index (χ1) is 21.0. The van der Waals surface area contributed by atoms with Crippen molar-refractivity contribution in [2.24, 2.45) is 0 Å². The molecule has 0 bridgehead atoms. The van der Waals surface area contributed by atoms with Gasteiger partial charge in [-0.1, -0.05) is 136 Å². The molecule has 0 atom stereocenters. The van der Waals surface area contributed by atoms with Crippen LogP contribution in [0.25, 0.3) is 65.3 Å². The van der Waals surface area contributed by atoms with Crippen molar-refractivity contribution in [2.75, 3.05) is 0 Å². The highest BCUT2D eigenvalue weighted by molar-refractivity contribution is 6.91. The molecular weight excluding hydrogens is 575 g/mol. The lowest BCUT2D eigenvalue weighted by atomic mass is 9.83. The van der Waals surface area contributed by atoms with Gasteiger partial charge in [0, 0.05) is 0 Å². The molecular formula is C40H36F2Si2. The summed E-state index contributed by atoms with van der Waals surface area (Å²) >= 11 is 0. The first-order valence-electron chi connectivity index (χ1n) is 15.3. The summed E-state index contributed by atoms with van der Waals surface area (Å²) in [6.07, 6.45) is 0. The minimum absolute atomic E-state index is 0.134. The van der Waals surface area contributed by atoms with E-state index in [0.29, 0.717) is 0 Å². The van der Waals surface area contributed by atoms with Crippen molar-refractivity contribution >= 4 is 69.6 Å². The molecule has 7 aromatic carbocycles. The van der Waals surface area contributed by atoms with Crippen LogP contribution >= 0.6 is 0 Å². The normalized spacial score (nSPS) is 12.5. The topological polar surface area (TPSA) is 0 Å². The summed E-state index contributed by atoms with van der Waals surface area (Å²) in [5.41, 5.74) is 3.81. The van der Waals surface area contributed by atoms with Gasteiger partial charge in [0.05, 0.1) is 16.1 Å². The van der Waals surface area contributed by atoms with E-state index in [1.54, 1.807) is 12.1 Å². The molecule has 4 heteroatoms. The van der Waals surface area contributed by atoms with Crippen LogP contribution in [0.2, 0.25) is 39.3 Å². The molecule has 0 aliphatic carbocycles. The van der Waals surface area contributed by atoms with Crippen LogP contribution < -0.4 is 10.4 Å². The van der Waals surface area contributed by atoms with Crippen LogP contribution in [0.4, 0.5) is 8.78 Å². The molecule has 0 spiro atoms. The van der Waals surface area contributed by atoms with Crippen LogP contribution in [0.5, 0.6) is 0 Å². The fourth-order valence-electron chi connectivity index (χ4n) is 7.33. The van der Waals surface area contributed by atoms with E-state index in [-0.39, 0.29) is 11.6 Å². The van der Waals surface area contributed by atoms with Crippen molar-refractivity contribution in [1.29, 1.82) is 0 Å². The van der Waals surface area contributed by atoms with Gasteiger partial charge in [-0.05, 0) is 87.8 Å². The molecule has 0 heterocycles. The van der Waals surface area contributed by atoms with E-state index in [0.717, 1.165) is 75.7 Å². The lowest BCUT2D eigenvalue weighted by Crippen LogP contribution is -2.40. The minimum atomic E-state index is -1.98. The third-order valence-corrected chi connectivity index (χ3v) is 13.0. The molecule has 44 heavy (non-hydrogen) atoms. The van der Waals surface area contributed by atoms with Gasteiger partial charge in [-0.3, -0.25) is 0 Å². The van der Waals surface area contributed by atoms with Gasteiger partial charge in [0.25, 0.3) is 0 Å². The highest BCUT2D eigenvalue weighted by Crippen LogP contribution is 2.47. The van der Waals surface area contributed by atoms with Crippen LogP contribution in [0.3, 0.4) is 0 Å². The van der Waals surface area contributed by atoms with Crippen LogP contribution in [-0.2, 0) is 0 Å². The molecule has 0 radical (unpaired) electrons. The summed E-state index contributed by atoms with van der Waals surface area (Å²) in [5.74, 6) is -0.268. The van der Waals surface area contributed by atoms with Crippen LogP contribution in [0.1, 0.15) is 0 Å². The van der Waals surface area contributed by atoms with E-state index in [1.807, 2.05) is 48.5 Å². The van der Waals surface area contributed by atoms with E-state index >= 15 is 8.78 Å². The molecule has 0 amide bonds. The van der Waals surface area contributed by atoms with Gasteiger partial charge in [-0.15, -0.1) is 0 Å². The van der Waals surface area contributed by atoms with E-state index in [2.05, 4.69) is 87.8 Å². The van der Waals surface area contributed by atoms with E-state index < -0.39 is 16.1 Å². The maximum absolute atomic E-state index is 16.3. The number of halogens is 2. The molecule has 0 saturated heterocycles. The Bertz CT molecular complexity index is 2050. The summed E-state index contributed by atoms with van der Waals surface area (Å²) in [6, 6.07) is 36.8. The van der Waals surface area contributed by atoms with Crippen molar-refractivity contribution in [2.45, 2.75) is 39.3 Å². The zero-order chi connectivity index (χ0) is 31.0. The Kier molecular flexibility index (Phi) is 6.65. The van der Waals surface area contributed by atoms with Crippen LogP contribution in [0, 0.1) is 11.6 Å². The molecule has 0 fully saturated rings. The highest BCUT2D eigenvalue weighted by atomic mass is 28.3. The first kappa shape index (κ1) is 28.6. The Balaban J connectivity index is 1.67. The van der Waals surface area contributed by atoms with Gasteiger partial charge >= 0.3 is 0 Å². The molecule has 0 N–H and O–H groups in total. The second kappa shape index (κ2) is 10.2. The SMILES string of the molecule is C[Si](C)(C)c1c(F)cc(-c2c3ccccc3c(-c3cc(F)c([Si](C)(C)C)c4ccccc34)c3ccccc23)c2ccccc12. The Hall–Kier alpha value is -4.13. The summed E-state index contributed by atoms with van der Waals surface area (Å²) in [7, 11) is -3.97. The second-order valence-corrected chi connectivity index (χ2v) is 24.0. The Morgan fingerprint density at radius 2 is 0.614 bits per heavy atom. The molecule has 0 nitrogen and oxygen atoms in total. The van der Waals surface area contributed by atoms with Crippen LogP contribution in [-0.4, -0.2) is 16.1 Å². The summed E-state index contributed by atoms with van der Waals surface area (Å²) in [5, 5.41) is 9.97. The average Bonchev–Trinajstić information content (AvgIpc) is 2.97.